The number of ether oxygens (including phenoxy) is 2. The van der Waals surface area contributed by atoms with Crippen molar-refractivity contribution in [2.24, 2.45) is 0 Å². The maximum absolute atomic E-state index is 13.1. The number of hydrogen-bond donors (Lipinski definition) is 2. The number of carbonyl (C=O) groups is 2. The van der Waals surface area contributed by atoms with E-state index in [0.717, 1.165) is 25.7 Å². The number of carbonyl (C=O) groups excluding carboxylic acids is 2. The van der Waals surface area contributed by atoms with Crippen molar-refractivity contribution in [2.45, 2.75) is 88.1 Å². The quantitative estimate of drug-likeness (QED) is 0.728. The van der Waals surface area contributed by atoms with E-state index >= 15 is 0 Å². The summed E-state index contributed by atoms with van der Waals surface area (Å²) in [5, 5.41) is 13.5. The van der Waals surface area contributed by atoms with Crippen LogP contribution in [0.4, 0.5) is 0 Å². The van der Waals surface area contributed by atoms with Gasteiger partial charge in [0.2, 0.25) is 5.91 Å². The molecule has 1 saturated carbocycles. The number of morpholine rings is 1. The fourth-order valence-corrected chi connectivity index (χ4v) is 5.71. The van der Waals surface area contributed by atoms with E-state index in [4.69, 9.17) is 9.47 Å². The van der Waals surface area contributed by atoms with Gasteiger partial charge in [-0.25, -0.2) is 0 Å². The Morgan fingerprint density at radius 1 is 1.25 bits per heavy atom. The highest BCUT2D eigenvalue weighted by atomic mass is 16.5. The van der Waals surface area contributed by atoms with Gasteiger partial charge in [0.25, 0.3) is 5.91 Å². The zero-order chi connectivity index (χ0) is 22.9. The summed E-state index contributed by atoms with van der Waals surface area (Å²) in [7, 11) is 0. The summed E-state index contributed by atoms with van der Waals surface area (Å²) < 4.78 is 12.0. The molecule has 4 rings (SSSR count). The van der Waals surface area contributed by atoms with Gasteiger partial charge >= 0.3 is 0 Å². The molecular weight excluding hydrogens is 408 g/mol. The largest absolute Gasteiger partial charge is 0.381 e. The van der Waals surface area contributed by atoms with Crippen LogP contribution in [-0.4, -0.2) is 71.0 Å². The smallest absolute Gasteiger partial charge is 0.254 e. The Hall–Kier alpha value is -1.96. The molecule has 3 aliphatic rings. The van der Waals surface area contributed by atoms with Gasteiger partial charge in [0.1, 0.15) is 12.2 Å². The Labute approximate surface area is 190 Å². The summed E-state index contributed by atoms with van der Waals surface area (Å²) in [6.07, 6.45) is 4.80. The van der Waals surface area contributed by atoms with Crippen LogP contribution < -0.4 is 5.32 Å². The van der Waals surface area contributed by atoms with Crippen LogP contribution in [0.1, 0.15) is 64.4 Å². The Morgan fingerprint density at radius 3 is 2.56 bits per heavy atom. The lowest BCUT2D eigenvalue weighted by atomic mass is 9.82. The van der Waals surface area contributed by atoms with E-state index in [1.54, 1.807) is 4.90 Å². The van der Waals surface area contributed by atoms with Crippen LogP contribution in [0.2, 0.25) is 0 Å². The highest BCUT2D eigenvalue weighted by molar-refractivity contribution is 5.86. The first-order chi connectivity index (χ1) is 15.2. The zero-order valence-electron chi connectivity index (χ0n) is 19.4. The van der Waals surface area contributed by atoms with Crippen molar-refractivity contribution in [3.8, 4) is 0 Å². The third-order valence-corrected chi connectivity index (χ3v) is 7.28. The second-order valence-electron chi connectivity index (χ2n) is 10.3. The third kappa shape index (κ3) is 4.70. The fourth-order valence-electron chi connectivity index (χ4n) is 5.71. The van der Waals surface area contributed by atoms with Crippen LogP contribution in [0.3, 0.4) is 0 Å². The Kier molecular flexibility index (Phi) is 6.61. The van der Waals surface area contributed by atoms with Crippen LogP contribution in [0.5, 0.6) is 0 Å². The molecule has 2 amide bonds. The minimum atomic E-state index is -1.49. The molecule has 0 aromatic heterocycles. The van der Waals surface area contributed by atoms with E-state index < -0.39 is 11.1 Å². The summed E-state index contributed by atoms with van der Waals surface area (Å²) in [6.45, 7) is 5.66. The highest BCUT2D eigenvalue weighted by Gasteiger charge is 2.56. The second-order valence-corrected chi connectivity index (χ2v) is 10.3. The molecule has 2 heterocycles. The molecule has 1 aromatic carbocycles. The number of nitrogens with one attached hydrogen (secondary N) is 1. The molecule has 1 aliphatic carbocycles. The zero-order valence-corrected chi connectivity index (χ0v) is 19.4. The highest BCUT2D eigenvalue weighted by Crippen LogP contribution is 2.39. The summed E-state index contributed by atoms with van der Waals surface area (Å²) in [5.74, 6) is 0.0469. The number of rotatable bonds is 5. The number of amides is 2. The summed E-state index contributed by atoms with van der Waals surface area (Å²) in [5.41, 5.74) is -0.791. The van der Waals surface area contributed by atoms with Crippen molar-refractivity contribution in [3.05, 3.63) is 35.9 Å². The topological polar surface area (TPSA) is 88.1 Å². The third-order valence-electron chi connectivity index (χ3n) is 7.28. The van der Waals surface area contributed by atoms with Gasteiger partial charge in [-0.05, 0) is 64.4 Å². The number of nitrogens with zero attached hydrogens (tertiary/aromatic N) is 1. The average molecular weight is 445 g/mol. The number of hydrogen-bond acceptors (Lipinski definition) is 5. The lowest BCUT2D eigenvalue weighted by molar-refractivity contribution is -0.156. The maximum Gasteiger partial charge on any atom is 0.254 e. The molecule has 0 radical (unpaired) electrons. The molecule has 3 fully saturated rings. The Morgan fingerprint density at radius 2 is 1.94 bits per heavy atom. The van der Waals surface area contributed by atoms with Gasteiger partial charge in [0.15, 0.2) is 0 Å². The molecule has 2 saturated heterocycles. The lowest BCUT2D eigenvalue weighted by Crippen LogP contribution is -2.66. The second kappa shape index (κ2) is 9.12. The fraction of sp³-hybridized carbons (Fsp3) is 0.680. The van der Waals surface area contributed by atoms with Gasteiger partial charge in [-0.15, -0.1) is 0 Å². The van der Waals surface area contributed by atoms with Crippen LogP contribution >= 0.6 is 0 Å². The molecular formula is C25H36N2O5. The molecule has 3 unspecified atom stereocenters. The van der Waals surface area contributed by atoms with Crippen LogP contribution in [-0.2, 0) is 19.1 Å². The standard InChI is InChI=1S/C25H36N2O5/c1-17-13-25(16-31-15-22(28)26-25)21(27(17)23(29)24(2,3)30)14-32-20-11-9-19(10-12-20)18-7-5-4-6-8-18/h4-8,17,19-21,30H,9-16H2,1-3H3,(H,26,28). The van der Waals surface area contributed by atoms with Crippen molar-refractivity contribution in [1.82, 2.24) is 10.2 Å². The Balaban J connectivity index is 1.45. The van der Waals surface area contributed by atoms with E-state index in [-0.39, 0.29) is 36.6 Å². The van der Waals surface area contributed by atoms with E-state index in [0.29, 0.717) is 25.6 Å². The monoisotopic (exact) mass is 444 g/mol. The van der Waals surface area contributed by atoms with Gasteiger partial charge in [0.05, 0.1) is 30.9 Å². The molecule has 1 aromatic rings. The summed E-state index contributed by atoms with van der Waals surface area (Å²) >= 11 is 0. The van der Waals surface area contributed by atoms with Gasteiger partial charge in [-0.2, -0.15) is 0 Å². The van der Waals surface area contributed by atoms with E-state index in [1.165, 1.54) is 19.4 Å². The minimum absolute atomic E-state index is 0.0344. The molecule has 7 heteroatoms. The van der Waals surface area contributed by atoms with Crippen molar-refractivity contribution >= 4 is 11.8 Å². The van der Waals surface area contributed by atoms with Crippen molar-refractivity contribution < 1.29 is 24.2 Å². The van der Waals surface area contributed by atoms with Crippen molar-refractivity contribution in [3.63, 3.8) is 0 Å². The molecule has 176 valence electrons. The van der Waals surface area contributed by atoms with E-state index in [1.807, 2.05) is 13.0 Å². The first-order valence-electron chi connectivity index (χ1n) is 11.8. The van der Waals surface area contributed by atoms with Gasteiger partial charge in [0, 0.05) is 6.04 Å². The predicted octanol–water partition coefficient (Wildman–Crippen LogP) is 2.37. The lowest BCUT2D eigenvalue weighted by Gasteiger charge is -2.42. The summed E-state index contributed by atoms with van der Waals surface area (Å²) in [6, 6.07) is 10.1. The molecule has 0 bridgehead atoms. The van der Waals surface area contributed by atoms with Gasteiger partial charge < -0.3 is 24.8 Å². The average Bonchev–Trinajstić information content (AvgIpc) is 3.01. The van der Waals surface area contributed by atoms with E-state index in [2.05, 4.69) is 29.6 Å². The Bertz CT molecular complexity index is 815. The first kappa shape index (κ1) is 23.2. The predicted molar refractivity (Wildman–Crippen MR) is 120 cm³/mol. The van der Waals surface area contributed by atoms with Crippen LogP contribution in [0, 0.1) is 0 Å². The minimum Gasteiger partial charge on any atom is -0.381 e. The first-order valence-corrected chi connectivity index (χ1v) is 11.8. The van der Waals surface area contributed by atoms with Crippen molar-refractivity contribution in [1.29, 1.82) is 0 Å². The maximum atomic E-state index is 13.1. The summed E-state index contributed by atoms with van der Waals surface area (Å²) in [4.78, 5) is 27.0. The van der Waals surface area contributed by atoms with Crippen LogP contribution in [0.25, 0.3) is 0 Å². The molecule has 3 atom stereocenters. The SMILES string of the molecule is CC1CC2(COCC(=O)N2)C(COC2CCC(c3ccccc3)CC2)N1C(=O)C(C)(C)O. The van der Waals surface area contributed by atoms with Crippen LogP contribution in [0.15, 0.2) is 30.3 Å². The molecule has 32 heavy (non-hydrogen) atoms. The number of aliphatic hydroxyl groups is 1. The molecule has 2 aliphatic heterocycles. The van der Waals surface area contributed by atoms with Gasteiger partial charge in [-0.3, -0.25) is 9.59 Å². The molecule has 2 N–H and O–H groups in total. The molecule has 1 spiro atoms. The van der Waals surface area contributed by atoms with E-state index in [9.17, 15) is 14.7 Å². The normalized spacial score (nSPS) is 33.4. The number of benzene rings is 1. The number of likely N-dealkylation sites (tertiary alicyclic amines) is 1. The van der Waals surface area contributed by atoms with Gasteiger partial charge in [-0.1, -0.05) is 30.3 Å². The molecule has 7 nitrogen and oxygen atoms in total. The van der Waals surface area contributed by atoms with Crippen molar-refractivity contribution in [2.75, 3.05) is 19.8 Å².